The Kier molecular flexibility index (Phi) is 7.34. The van der Waals surface area contributed by atoms with Crippen molar-refractivity contribution in [2.45, 2.75) is 37.5 Å². The minimum atomic E-state index is -1.08. The lowest BCUT2D eigenvalue weighted by Gasteiger charge is -2.14. The van der Waals surface area contributed by atoms with Crippen LogP contribution in [0, 0.1) is 0 Å². The van der Waals surface area contributed by atoms with Gasteiger partial charge in [0.15, 0.2) is 5.17 Å². The summed E-state index contributed by atoms with van der Waals surface area (Å²) in [7, 11) is 0. The van der Waals surface area contributed by atoms with Crippen molar-refractivity contribution in [2.75, 3.05) is 0 Å². The van der Waals surface area contributed by atoms with Crippen LogP contribution >= 0.6 is 11.8 Å². The molecule has 2 amide bonds. The van der Waals surface area contributed by atoms with Crippen molar-refractivity contribution in [3.05, 3.63) is 35.9 Å². The zero-order valence-electron chi connectivity index (χ0n) is 14.2. The number of thioether (sulfide) groups is 1. The molecule has 9 heteroatoms. The zero-order chi connectivity index (χ0) is 18.9. The molecule has 1 heterocycles. The van der Waals surface area contributed by atoms with Gasteiger partial charge in [0.1, 0.15) is 11.3 Å². The maximum atomic E-state index is 12.0. The number of carbonyl (C=O) groups excluding carboxylic acids is 2. The number of hydrogen-bond donors (Lipinski definition) is 3. The van der Waals surface area contributed by atoms with Crippen molar-refractivity contribution >= 4 is 40.9 Å². The SMILES string of the molecule is CCCC(NC(=O)CC1S/C(=N/N=Cc2ccccc2)NC1=O)C(=O)O. The third-order valence-corrected chi connectivity index (χ3v) is 4.59. The number of carboxylic acids is 1. The molecule has 2 unspecified atom stereocenters. The van der Waals surface area contributed by atoms with Gasteiger partial charge in [-0.25, -0.2) is 4.79 Å². The molecule has 3 N–H and O–H groups in total. The summed E-state index contributed by atoms with van der Waals surface area (Å²) in [5, 5.41) is 21.6. The van der Waals surface area contributed by atoms with E-state index in [-0.39, 0.29) is 12.3 Å². The first-order valence-electron chi connectivity index (χ1n) is 8.15. The standard InChI is InChI=1S/C17H20N4O4S/c1-2-6-12(16(24)25)19-14(22)9-13-15(23)20-17(26-13)21-18-10-11-7-4-3-5-8-11/h3-5,7-8,10,12-13H,2,6,9H2,1H3,(H,19,22)(H,24,25)(H,20,21,23). The summed E-state index contributed by atoms with van der Waals surface area (Å²) in [5.41, 5.74) is 0.873. The predicted molar refractivity (Wildman–Crippen MR) is 100 cm³/mol. The van der Waals surface area contributed by atoms with E-state index < -0.39 is 23.2 Å². The molecule has 0 aromatic heterocycles. The van der Waals surface area contributed by atoms with Crippen LogP contribution in [0.4, 0.5) is 0 Å². The highest BCUT2D eigenvalue weighted by molar-refractivity contribution is 8.15. The first-order valence-corrected chi connectivity index (χ1v) is 9.03. The van der Waals surface area contributed by atoms with Crippen LogP contribution in [0.15, 0.2) is 40.5 Å². The Morgan fingerprint density at radius 1 is 1.38 bits per heavy atom. The number of carboxylic acid groups (broad SMARTS) is 1. The maximum Gasteiger partial charge on any atom is 0.326 e. The second-order valence-electron chi connectivity index (χ2n) is 5.61. The Hall–Kier alpha value is -2.68. The molecule has 1 aromatic rings. The third kappa shape index (κ3) is 5.99. The molecule has 2 rings (SSSR count). The van der Waals surface area contributed by atoms with Crippen molar-refractivity contribution in [1.82, 2.24) is 10.6 Å². The molecule has 0 radical (unpaired) electrons. The smallest absolute Gasteiger partial charge is 0.326 e. The molecule has 0 aliphatic carbocycles. The largest absolute Gasteiger partial charge is 0.480 e. The molecule has 1 aliphatic rings. The summed E-state index contributed by atoms with van der Waals surface area (Å²) in [6.07, 6.45) is 2.41. The van der Waals surface area contributed by atoms with Gasteiger partial charge in [-0.1, -0.05) is 55.4 Å². The molecule has 1 aromatic carbocycles. The number of hydrogen-bond acceptors (Lipinski definition) is 6. The average molecular weight is 376 g/mol. The molecule has 0 saturated carbocycles. The summed E-state index contributed by atoms with van der Waals surface area (Å²) in [6.45, 7) is 1.83. The van der Waals surface area contributed by atoms with Gasteiger partial charge in [0.25, 0.3) is 0 Å². The lowest BCUT2D eigenvalue weighted by atomic mass is 10.1. The van der Waals surface area contributed by atoms with E-state index in [2.05, 4.69) is 20.8 Å². The van der Waals surface area contributed by atoms with Crippen LogP contribution in [0.1, 0.15) is 31.7 Å². The highest BCUT2D eigenvalue weighted by Crippen LogP contribution is 2.22. The molecule has 138 valence electrons. The Morgan fingerprint density at radius 3 is 2.77 bits per heavy atom. The van der Waals surface area contributed by atoms with Gasteiger partial charge in [-0.15, -0.1) is 5.10 Å². The summed E-state index contributed by atoms with van der Waals surface area (Å²) < 4.78 is 0. The molecule has 0 bridgehead atoms. The van der Waals surface area contributed by atoms with E-state index in [0.717, 1.165) is 17.3 Å². The van der Waals surface area contributed by atoms with Crippen LogP contribution in [0.5, 0.6) is 0 Å². The first kappa shape index (κ1) is 19.6. The molecule has 1 aliphatic heterocycles. The Balaban J connectivity index is 1.88. The second-order valence-corrected chi connectivity index (χ2v) is 6.80. The fourth-order valence-corrected chi connectivity index (χ4v) is 3.17. The van der Waals surface area contributed by atoms with Crippen LogP contribution in [-0.4, -0.2) is 45.6 Å². The van der Waals surface area contributed by atoms with Gasteiger partial charge in [0, 0.05) is 6.42 Å². The number of benzene rings is 1. The molecular weight excluding hydrogens is 356 g/mol. The number of amides is 2. The summed E-state index contributed by atoms with van der Waals surface area (Å²) in [6, 6.07) is 8.43. The first-order chi connectivity index (χ1) is 12.5. The normalized spacial score (nSPS) is 19.5. The van der Waals surface area contributed by atoms with E-state index in [1.54, 1.807) is 6.21 Å². The molecular formula is C17H20N4O4S. The Labute approximate surface area is 155 Å². The maximum absolute atomic E-state index is 12.0. The van der Waals surface area contributed by atoms with Gasteiger partial charge in [-0.05, 0) is 12.0 Å². The van der Waals surface area contributed by atoms with E-state index in [0.29, 0.717) is 18.0 Å². The van der Waals surface area contributed by atoms with Gasteiger partial charge < -0.3 is 15.7 Å². The number of rotatable bonds is 8. The van der Waals surface area contributed by atoms with Gasteiger partial charge in [0.05, 0.1) is 6.21 Å². The van der Waals surface area contributed by atoms with Crippen LogP contribution in [-0.2, 0) is 14.4 Å². The number of carbonyl (C=O) groups is 3. The Bertz CT molecular complexity index is 721. The molecule has 0 spiro atoms. The average Bonchev–Trinajstić information content (AvgIpc) is 2.95. The quantitative estimate of drug-likeness (QED) is 0.467. The van der Waals surface area contributed by atoms with E-state index in [9.17, 15) is 14.4 Å². The fourth-order valence-electron chi connectivity index (χ4n) is 2.24. The lowest BCUT2D eigenvalue weighted by Crippen LogP contribution is -2.42. The predicted octanol–water partition coefficient (Wildman–Crippen LogP) is 1.37. The lowest BCUT2D eigenvalue weighted by molar-refractivity contribution is -0.142. The molecule has 8 nitrogen and oxygen atoms in total. The summed E-state index contributed by atoms with van der Waals surface area (Å²) >= 11 is 1.10. The van der Waals surface area contributed by atoms with Gasteiger partial charge in [-0.2, -0.15) is 5.10 Å². The van der Waals surface area contributed by atoms with Crippen LogP contribution < -0.4 is 10.6 Å². The van der Waals surface area contributed by atoms with E-state index in [1.807, 2.05) is 37.3 Å². The van der Waals surface area contributed by atoms with E-state index in [1.165, 1.54) is 0 Å². The van der Waals surface area contributed by atoms with Gasteiger partial charge in [0.2, 0.25) is 11.8 Å². The zero-order valence-corrected chi connectivity index (χ0v) is 15.0. The minimum Gasteiger partial charge on any atom is -0.480 e. The van der Waals surface area contributed by atoms with Gasteiger partial charge >= 0.3 is 5.97 Å². The van der Waals surface area contributed by atoms with Crippen molar-refractivity contribution < 1.29 is 19.5 Å². The Morgan fingerprint density at radius 2 is 2.12 bits per heavy atom. The minimum absolute atomic E-state index is 0.120. The highest BCUT2D eigenvalue weighted by Gasteiger charge is 2.33. The molecule has 26 heavy (non-hydrogen) atoms. The molecule has 2 atom stereocenters. The van der Waals surface area contributed by atoms with E-state index >= 15 is 0 Å². The number of nitrogens with one attached hydrogen (secondary N) is 2. The second kappa shape index (κ2) is 9.71. The fraction of sp³-hybridized carbons (Fsp3) is 0.353. The molecule has 1 saturated heterocycles. The van der Waals surface area contributed by atoms with Crippen LogP contribution in [0.3, 0.4) is 0 Å². The number of nitrogens with zero attached hydrogens (tertiary/aromatic N) is 2. The van der Waals surface area contributed by atoms with Crippen molar-refractivity contribution in [3.63, 3.8) is 0 Å². The van der Waals surface area contributed by atoms with Gasteiger partial charge in [-0.3, -0.25) is 9.59 Å². The van der Waals surface area contributed by atoms with Crippen molar-refractivity contribution in [1.29, 1.82) is 0 Å². The highest BCUT2D eigenvalue weighted by atomic mass is 32.2. The third-order valence-electron chi connectivity index (χ3n) is 3.51. The van der Waals surface area contributed by atoms with Crippen molar-refractivity contribution in [2.24, 2.45) is 10.2 Å². The topological polar surface area (TPSA) is 120 Å². The van der Waals surface area contributed by atoms with E-state index in [4.69, 9.17) is 5.11 Å². The van der Waals surface area contributed by atoms with Crippen LogP contribution in [0.25, 0.3) is 0 Å². The summed E-state index contributed by atoms with van der Waals surface area (Å²) in [4.78, 5) is 35.0. The number of aliphatic carboxylic acids is 1. The molecule has 1 fully saturated rings. The van der Waals surface area contributed by atoms with Crippen molar-refractivity contribution in [3.8, 4) is 0 Å². The van der Waals surface area contributed by atoms with Crippen LogP contribution in [0.2, 0.25) is 0 Å². The monoisotopic (exact) mass is 376 g/mol. The summed E-state index contributed by atoms with van der Waals surface area (Å²) in [5.74, 6) is -1.91. The number of amidine groups is 1.